The van der Waals surface area contributed by atoms with E-state index in [1.54, 1.807) is 30.3 Å². The van der Waals surface area contributed by atoms with Gasteiger partial charge in [0.1, 0.15) is 6.29 Å². The summed E-state index contributed by atoms with van der Waals surface area (Å²) in [5, 5.41) is 3.06. The highest BCUT2D eigenvalue weighted by Gasteiger charge is 2.18. The third-order valence-corrected chi connectivity index (χ3v) is 3.72. The molecular formula is C20H22ClNO4. The Kier molecular flexibility index (Phi) is 6.27. The Balaban J connectivity index is 2.25. The standard InChI is InChI=1S/C20H22ClNO4/c1-20(2,3)12-26-17-10-14(9-16(21)18(17)25-4)19(24)22-15-7-5-13(11-23)6-8-15/h5-11H,12H2,1-4H3,(H,22,24). The normalized spacial score (nSPS) is 11.0. The summed E-state index contributed by atoms with van der Waals surface area (Å²) in [5.74, 6) is 0.466. The summed E-state index contributed by atoms with van der Waals surface area (Å²) < 4.78 is 11.1. The zero-order valence-corrected chi connectivity index (χ0v) is 16.0. The van der Waals surface area contributed by atoms with Crippen LogP contribution in [0.5, 0.6) is 11.5 Å². The van der Waals surface area contributed by atoms with Crippen molar-refractivity contribution in [1.82, 2.24) is 0 Å². The van der Waals surface area contributed by atoms with Crippen LogP contribution in [0.15, 0.2) is 36.4 Å². The number of aldehydes is 1. The summed E-state index contributed by atoms with van der Waals surface area (Å²) >= 11 is 6.25. The average Bonchev–Trinajstić information content (AvgIpc) is 2.59. The van der Waals surface area contributed by atoms with Crippen molar-refractivity contribution in [3.05, 3.63) is 52.5 Å². The SMILES string of the molecule is COc1c(Cl)cc(C(=O)Nc2ccc(C=O)cc2)cc1OCC(C)(C)C. The summed E-state index contributed by atoms with van der Waals surface area (Å²) in [5.41, 5.74) is 1.40. The first kappa shape index (κ1) is 19.8. The van der Waals surface area contributed by atoms with Gasteiger partial charge in [-0.1, -0.05) is 32.4 Å². The van der Waals surface area contributed by atoms with Crippen LogP contribution in [0.4, 0.5) is 5.69 Å². The van der Waals surface area contributed by atoms with Gasteiger partial charge in [-0.15, -0.1) is 0 Å². The molecule has 0 saturated carbocycles. The van der Waals surface area contributed by atoms with Crippen LogP contribution in [0.2, 0.25) is 5.02 Å². The molecule has 0 saturated heterocycles. The van der Waals surface area contributed by atoms with E-state index in [0.29, 0.717) is 39.9 Å². The van der Waals surface area contributed by atoms with Gasteiger partial charge in [0.15, 0.2) is 11.5 Å². The minimum atomic E-state index is -0.339. The Hall–Kier alpha value is -2.53. The second-order valence-corrected chi connectivity index (χ2v) is 7.44. The average molecular weight is 376 g/mol. The fourth-order valence-corrected chi connectivity index (χ4v) is 2.43. The fraction of sp³-hybridized carbons (Fsp3) is 0.300. The van der Waals surface area contributed by atoms with E-state index in [1.807, 2.05) is 20.8 Å². The van der Waals surface area contributed by atoms with Gasteiger partial charge >= 0.3 is 0 Å². The molecule has 0 unspecified atom stereocenters. The molecular weight excluding hydrogens is 354 g/mol. The molecule has 0 atom stereocenters. The van der Waals surface area contributed by atoms with E-state index in [9.17, 15) is 9.59 Å². The quantitative estimate of drug-likeness (QED) is 0.734. The van der Waals surface area contributed by atoms with Gasteiger partial charge in [-0.25, -0.2) is 0 Å². The van der Waals surface area contributed by atoms with E-state index < -0.39 is 0 Å². The van der Waals surface area contributed by atoms with Crippen molar-refractivity contribution in [1.29, 1.82) is 0 Å². The molecule has 1 amide bonds. The van der Waals surface area contributed by atoms with E-state index in [0.717, 1.165) is 6.29 Å². The van der Waals surface area contributed by atoms with Crippen LogP contribution in [-0.2, 0) is 0 Å². The van der Waals surface area contributed by atoms with E-state index >= 15 is 0 Å². The van der Waals surface area contributed by atoms with Crippen molar-refractivity contribution in [2.45, 2.75) is 20.8 Å². The Labute approximate surface area is 158 Å². The summed E-state index contributed by atoms with van der Waals surface area (Å²) in [6.45, 7) is 6.57. The van der Waals surface area contributed by atoms with Gasteiger partial charge in [0.05, 0.1) is 18.7 Å². The first-order valence-corrected chi connectivity index (χ1v) is 8.48. The van der Waals surface area contributed by atoms with E-state index in [1.165, 1.54) is 13.2 Å². The molecule has 138 valence electrons. The highest BCUT2D eigenvalue weighted by atomic mass is 35.5. The minimum absolute atomic E-state index is 0.0594. The summed E-state index contributed by atoms with van der Waals surface area (Å²) in [6.07, 6.45) is 0.744. The number of hydrogen-bond donors (Lipinski definition) is 1. The lowest BCUT2D eigenvalue weighted by Gasteiger charge is -2.21. The lowest BCUT2D eigenvalue weighted by Crippen LogP contribution is -2.18. The second kappa shape index (κ2) is 8.23. The molecule has 2 aromatic rings. The number of methoxy groups -OCH3 is 1. The monoisotopic (exact) mass is 375 g/mol. The van der Waals surface area contributed by atoms with Gasteiger partial charge in [-0.2, -0.15) is 0 Å². The Morgan fingerprint density at radius 3 is 2.38 bits per heavy atom. The maximum absolute atomic E-state index is 12.5. The maximum atomic E-state index is 12.5. The lowest BCUT2D eigenvalue weighted by atomic mass is 9.99. The zero-order valence-electron chi connectivity index (χ0n) is 15.3. The molecule has 2 aromatic carbocycles. The van der Waals surface area contributed by atoms with Gasteiger partial charge in [0.25, 0.3) is 5.91 Å². The predicted octanol–water partition coefficient (Wildman–Crippen LogP) is 4.84. The molecule has 0 fully saturated rings. The maximum Gasteiger partial charge on any atom is 0.255 e. The minimum Gasteiger partial charge on any atom is -0.491 e. The van der Waals surface area contributed by atoms with Crippen LogP contribution in [0.1, 0.15) is 41.5 Å². The van der Waals surface area contributed by atoms with Crippen LogP contribution in [0.25, 0.3) is 0 Å². The number of anilines is 1. The number of benzene rings is 2. The predicted molar refractivity (Wildman–Crippen MR) is 103 cm³/mol. The number of rotatable bonds is 6. The van der Waals surface area contributed by atoms with Crippen LogP contribution in [0, 0.1) is 5.41 Å². The number of halogens is 1. The smallest absolute Gasteiger partial charge is 0.255 e. The van der Waals surface area contributed by atoms with Crippen molar-refractivity contribution in [3.8, 4) is 11.5 Å². The molecule has 0 bridgehead atoms. The lowest BCUT2D eigenvalue weighted by molar-refractivity contribution is 0.102. The Morgan fingerprint density at radius 1 is 1.19 bits per heavy atom. The van der Waals surface area contributed by atoms with Crippen LogP contribution >= 0.6 is 11.6 Å². The molecule has 0 spiro atoms. The van der Waals surface area contributed by atoms with Crippen LogP contribution in [-0.4, -0.2) is 25.9 Å². The molecule has 0 aliphatic rings. The summed E-state index contributed by atoms with van der Waals surface area (Å²) in [6, 6.07) is 9.70. The molecule has 0 aromatic heterocycles. The molecule has 0 radical (unpaired) electrons. The molecule has 6 heteroatoms. The number of nitrogens with one attached hydrogen (secondary N) is 1. The molecule has 26 heavy (non-hydrogen) atoms. The first-order valence-electron chi connectivity index (χ1n) is 8.10. The van der Waals surface area contributed by atoms with Crippen molar-refractivity contribution >= 4 is 29.5 Å². The van der Waals surface area contributed by atoms with Gasteiger partial charge in [-0.05, 0) is 41.8 Å². The summed E-state index contributed by atoms with van der Waals surface area (Å²) in [7, 11) is 1.50. The molecule has 1 N–H and O–H groups in total. The molecule has 2 rings (SSSR count). The second-order valence-electron chi connectivity index (χ2n) is 7.03. The highest BCUT2D eigenvalue weighted by Crippen LogP contribution is 2.37. The third kappa shape index (κ3) is 5.23. The fourth-order valence-electron chi connectivity index (χ4n) is 2.15. The number of ether oxygens (including phenoxy) is 2. The topological polar surface area (TPSA) is 64.6 Å². The number of carbonyl (C=O) groups is 2. The van der Waals surface area contributed by atoms with E-state index in [-0.39, 0.29) is 11.3 Å². The Bertz CT molecular complexity index is 795. The number of carbonyl (C=O) groups excluding carboxylic acids is 2. The van der Waals surface area contributed by atoms with Crippen molar-refractivity contribution < 1.29 is 19.1 Å². The first-order chi connectivity index (χ1) is 12.2. The van der Waals surface area contributed by atoms with Crippen molar-refractivity contribution in [3.63, 3.8) is 0 Å². The van der Waals surface area contributed by atoms with Crippen molar-refractivity contribution in [2.75, 3.05) is 19.0 Å². The zero-order chi connectivity index (χ0) is 19.3. The molecule has 0 aliphatic carbocycles. The van der Waals surface area contributed by atoms with E-state index in [2.05, 4.69) is 5.32 Å². The Morgan fingerprint density at radius 2 is 1.85 bits per heavy atom. The molecule has 0 heterocycles. The van der Waals surface area contributed by atoms with Gasteiger partial charge in [0.2, 0.25) is 0 Å². The summed E-state index contributed by atoms with van der Waals surface area (Å²) in [4.78, 5) is 23.2. The molecule has 5 nitrogen and oxygen atoms in total. The van der Waals surface area contributed by atoms with Crippen molar-refractivity contribution in [2.24, 2.45) is 5.41 Å². The van der Waals surface area contributed by atoms with Crippen LogP contribution < -0.4 is 14.8 Å². The highest BCUT2D eigenvalue weighted by molar-refractivity contribution is 6.32. The van der Waals surface area contributed by atoms with Gasteiger partial charge in [0, 0.05) is 16.8 Å². The third-order valence-electron chi connectivity index (χ3n) is 3.44. The van der Waals surface area contributed by atoms with Gasteiger partial charge < -0.3 is 14.8 Å². The molecule has 0 aliphatic heterocycles. The largest absolute Gasteiger partial charge is 0.491 e. The van der Waals surface area contributed by atoms with Gasteiger partial charge in [-0.3, -0.25) is 9.59 Å². The van der Waals surface area contributed by atoms with Crippen LogP contribution in [0.3, 0.4) is 0 Å². The number of amides is 1. The number of hydrogen-bond acceptors (Lipinski definition) is 4. The van der Waals surface area contributed by atoms with E-state index in [4.69, 9.17) is 21.1 Å².